The highest BCUT2D eigenvalue weighted by Gasteiger charge is 2.27. The molecule has 0 bridgehead atoms. The summed E-state index contributed by atoms with van der Waals surface area (Å²) in [5.41, 5.74) is 2.47. The van der Waals surface area contributed by atoms with E-state index in [4.69, 9.17) is 9.47 Å². The lowest BCUT2D eigenvalue weighted by molar-refractivity contribution is -0.131. The predicted molar refractivity (Wildman–Crippen MR) is 155 cm³/mol. The summed E-state index contributed by atoms with van der Waals surface area (Å²) >= 11 is 0. The van der Waals surface area contributed by atoms with Gasteiger partial charge >= 0.3 is 0 Å². The Morgan fingerprint density at radius 2 is 1.64 bits per heavy atom. The molecule has 9 nitrogen and oxygen atoms in total. The lowest BCUT2D eigenvalue weighted by Crippen LogP contribution is -2.44. The molecular weight excluding hydrogens is 537 g/mol. The monoisotopic (exact) mass is 567 g/mol. The number of ether oxygens (including phenoxy) is 2. The Labute approximate surface area is 243 Å². The van der Waals surface area contributed by atoms with Crippen molar-refractivity contribution in [2.75, 3.05) is 44.4 Å². The number of carbonyl (C=O) groups is 2. The van der Waals surface area contributed by atoms with Crippen LogP contribution in [-0.4, -0.2) is 71.3 Å². The fraction of sp³-hybridized carbons (Fsp3) is 0.250. The molecule has 1 saturated heterocycles. The smallest absolute Gasteiger partial charge is 0.257 e. The SMILES string of the molecule is O=C(CN(Cc1ccc2c(c1)OCO2)C(=O)c1ccccc1F)N1CCCN(c2ccc(-c3ccccc3)nn2)CC1. The molecule has 3 heterocycles. The Morgan fingerprint density at radius 1 is 0.833 bits per heavy atom. The number of fused-ring (bicyclic) bond motifs is 1. The first kappa shape index (κ1) is 27.2. The van der Waals surface area contributed by atoms with Crippen LogP contribution >= 0.6 is 0 Å². The van der Waals surface area contributed by atoms with Crippen LogP contribution in [0.5, 0.6) is 11.5 Å². The van der Waals surface area contributed by atoms with E-state index in [0.717, 1.165) is 35.6 Å². The summed E-state index contributed by atoms with van der Waals surface area (Å²) in [6.45, 7) is 2.35. The van der Waals surface area contributed by atoms with Gasteiger partial charge in [-0.25, -0.2) is 4.39 Å². The molecule has 0 N–H and O–H groups in total. The molecule has 214 valence electrons. The first-order chi connectivity index (χ1) is 20.5. The Kier molecular flexibility index (Phi) is 7.94. The molecule has 4 aromatic rings. The number of benzene rings is 3. The third-order valence-corrected chi connectivity index (χ3v) is 7.42. The van der Waals surface area contributed by atoms with Crippen LogP contribution in [0.15, 0.2) is 84.9 Å². The van der Waals surface area contributed by atoms with Crippen LogP contribution in [0.4, 0.5) is 10.2 Å². The molecule has 1 aromatic heterocycles. The van der Waals surface area contributed by atoms with Crippen LogP contribution in [0.2, 0.25) is 0 Å². The van der Waals surface area contributed by atoms with Gasteiger partial charge in [0, 0.05) is 38.3 Å². The van der Waals surface area contributed by atoms with Gasteiger partial charge in [-0.05, 0) is 48.4 Å². The number of carbonyl (C=O) groups excluding carboxylic acids is 2. The molecule has 1 fully saturated rings. The van der Waals surface area contributed by atoms with E-state index in [1.54, 1.807) is 23.1 Å². The molecule has 42 heavy (non-hydrogen) atoms. The van der Waals surface area contributed by atoms with Gasteiger partial charge in [0.15, 0.2) is 17.3 Å². The summed E-state index contributed by atoms with van der Waals surface area (Å²) in [7, 11) is 0. The zero-order valence-corrected chi connectivity index (χ0v) is 23.0. The molecule has 0 radical (unpaired) electrons. The Hall–Kier alpha value is -4.99. The van der Waals surface area contributed by atoms with E-state index in [2.05, 4.69) is 15.1 Å². The van der Waals surface area contributed by atoms with Gasteiger partial charge in [-0.2, -0.15) is 0 Å². The number of aromatic nitrogens is 2. The van der Waals surface area contributed by atoms with E-state index in [1.165, 1.54) is 23.1 Å². The Balaban J connectivity index is 1.14. The minimum absolute atomic E-state index is 0.0781. The molecular formula is C32H30FN5O4. The number of amides is 2. The fourth-order valence-electron chi connectivity index (χ4n) is 5.18. The van der Waals surface area contributed by atoms with E-state index < -0.39 is 11.7 Å². The average Bonchev–Trinajstić information content (AvgIpc) is 3.35. The number of anilines is 1. The second-order valence-electron chi connectivity index (χ2n) is 10.2. The van der Waals surface area contributed by atoms with Crippen molar-refractivity contribution in [1.82, 2.24) is 20.0 Å². The van der Waals surface area contributed by atoms with Crippen molar-refractivity contribution in [2.45, 2.75) is 13.0 Å². The van der Waals surface area contributed by atoms with Gasteiger partial charge in [-0.15, -0.1) is 10.2 Å². The molecule has 0 unspecified atom stereocenters. The minimum atomic E-state index is -0.629. The second kappa shape index (κ2) is 12.3. The third-order valence-electron chi connectivity index (χ3n) is 7.42. The van der Waals surface area contributed by atoms with Crippen molar-refractivity contribution in [2.24, 2.45) is 0 Å². The molecule has 0 atom stereocenters. The van der Waals surface area contributed by atoms with Crippen molar-refractivity contribution in [3.8, 4) is 22.8 Å². The van der Waals surface area contributed by atoms with Gasteiger partial charge in [0.1, 0.15) is 12.4 Å². The van der Waals surface area contributed by atoms with E-state index in [9.17, 15) is 14.0 Å². The van der Waals surface area contributed by atoms with E-state index in [-0.39, 0.29) is 31.4 Å². The van der Waals surface area contributed by atoms with Gasteiger partial charge in [0.2, 0.25) is 12.7 Å². The number of halogens is 1. The highest BCUT2D eigenvalue weighted by Crippen LogP contribution is 2.33. The summed E-state index contributed by atoms with van der Waals surface area (Å²) in [5, 5.41) is 8.84. The first-order valence-corrected chi connectivity index (χ1v) is 13.9. The van der Waals surface area contributed by atoms with Crippen molar-refractivity contribution in [3.05, 3.63) is 102 Å². The molecule has 0 aliphatic carbocycles. The third kappa shape index (κ3) is 6.02. The largest absolute Gasteiger partial charge is 0.454 e. The fourth-order valence-corrected chi connectivity index (χ4v) is 5.18. The van der Waals surface area contributed by atoms with Crippen LogP contribution < -0.4 is 14.4 Å². The normalized spacial score (nSPS) is 14.4. The van der Waals surface area contributed by atoms with Crippen LogP contribution in [0, 0.1) is 5.82 Å². The van der Waals surface area contributed by atoms with Crippen LogP contribution in [0.3, 0.4) is 0 Å². The molecule has 10 heteroatoms. The molecule has 3 aromatic carbocycles. The molecule has 2 amide bonds. The molecule has 0 saturated carbocycles. The maximum Gasteiger partial charge on any atom is 0.257 e. The van der Waals surface area contributed by atoms with Gasteiger partial charge in [-0.3, -0.25) is 9.59 Å². The van der Waals surface area contributed by atoms with Crippen LogP contribution in [0.25, 0.3) is 11.3 Å². The highest BCUT2D eigenvalue weighted by molar-refractivity contribution is 5.96. The van der Waals surface area contributed by atoms with E-state index >= 15 is 0 Å². The van der Waals surface area contributed by atoms with Crippen molar-refractivity contribution < 1.29 is 23.5 Å². The van der Waals surface area contributed by atoms with E-state index in [1.807, 2.05) is 48.5 Å². The number of rotatable bonds is 7. The van der Waals surface area contributed by atoms with Crippen molar-refractivity contribution >= 4 is 17.6 Å². The number of nitrogens with zero attached hydrogens (tertiary/aromatic N) is 5. The van der Waals surface area contributed by atoms with Gasteiger partial charge in [0.05, 0.1) is 11.3 Å². The summed E-state index contributed by atoms with van der Waals surface area (Å²) in [4.78, 5) is 32.3. The summed E-state index contributed by atoms with van der Waals surface area (Å²) in [6, 6.07) is 24.9. The number of hydrogen-bond acceptors (Lipinski definition) is 7. The lowest BCUT2D eigenvalue weighted by atomic mass is 10.1. The highest BCUT2D eigenvalue weighted by atomic mass is 19.1. The standard InChI is InChI=1S/C32H30FN5O4/c33-26-10-5-4-9-25(26)32(40)38(20-23-11-13-28-29(19-23)42-22-41-28)21-31(39)37-16-6-15-36(17-18-37)30-14-12-27(34-35-30)24-7-2-1-3-8-24/h1-5,7-14,19H,6,15-18,20-22H2. The summed E-state index contributed by atoms with van der Waals surface area (Å²) < 4.78 is 25.5. The quantitative estimate of drug-likeness (QED) is 0.327. The average molecular weight is 568 g/mol. The minimum Gasteiger partial charge on any atom is -0.454 e. The van der Waals surface area contributed by atoms with Crippen molar-refractivity contribution in [1.29, 1.82) is 0 Å². The summed E-state index contributed by atoms with van der Waals surface area (Å²) in [6.07, 6.45) is 0.733. The van der Waals surface area contributed by atoms with Crippen LogP contribution in [0.1, 0.15) is 22.3 Å². The Morgan fingerprint density at radius 3 is 2.45 bits per heavy atom. The van der Waals surface area contributed by atoms with Gasteiger partial charge < -0.3 is 24.2 Å². The van der Waals surface area contributed by atoms with Crippen molar-refractivity contribution in [3.63, 3.8) is 0 Å². The maximum atomic E-state index is 14.6. The zero-order valence-electron chi connectivity index (χ0n) is 23.0. The molecule has 0 spiro atoms. The van der Waals surface area contributed by atoms with E-state index in [0.29, 0.717) is 31.1 Å². The maximum absolute atomic E-state index is 14.6. The van der Waals surface area contributed by atoms with Gasteiger partial charge in [0.25, 0.3) is 5.91 Å². The van der Waals surface area contributed by atoms with Crippen LogP contribution in [-0.2, 0) is 11.3 Å². The topological polar surface area (TPSA) is 88.1 Å². The predicted octanol–water partition coefficient (Wildman–Crippen LogP) is 4.39. The van der Waals surface area contributed by atoms with Gasteiger partial charge in [-0.1, -0.05) is 48.5 Å². The zero-order chi connectivity index (χ0) is 28.9. The number of hydrogen-bond donors (Lipinski definition) is 0. The summed E-state index contributed by atoms with van der Waals surface area (Å²) in [5.74, 6) is 0.565. The lowest BCUT2D eigenvalue weighted by Gasteiger charge is -2.27. The first-order valence-electron chi connectivity index (χ1n) is 13.9. The Bertz CT molecular complexity index is 1570. The molecule has 2 aliphatic heterocycles. The molecule has 6 rings (SSSR count). The molecule has 2 aliphatic rings. The second-order valence-corrected chi connectivity index (χ2v) is 10.2.